The summed E-state index contributed by atoms with van der Waals surface area (Å²) in [7, 11) is 0. The molecule has 29 heavy (non-hydrogen) atoms. The second-order valence-electron chi connectivity index (χ2n) is 7.61. The average Bonchev–Trinajstić information content (AvgIpc) is 3.30. The van der Waals surface area contributed by atoms with Crippen LogP contribution in [0.1, 0.15) is 72.9 Å². The van der Waals surface area contributed by atoms with Crippen molar-refractivity contribution < 1.29 is 4.79 Å². The molecular weight excluding hydrogens is 406 g/mol. The smallest absolute Gasteiger partial charge is 0.263 e. The number of carbonyl (C=O) groups excluding carboxylic acids is 1. The third-order valence-corrected chi connectivity index (χ3v) is 7.88. The maximum absolute atomic E-state index is 13.1. The number of carbonyl (C=O) groups is 1. The molecule has 0 aliphatic heterocycles. The minimum Gasteiger partial charge on any atom is -0.299 e. The van der Waals surface area contributed by atoms with Crippen LogP contribution in [0.2, 0.25) is 0 Å². The van der Waals surface area contributed by atoms with E-state index in [1.807, 2.05) is 20.8 Å². The van der Waals surface area contributed by atoms with Gasteiger partial charge in [-0.3, -0.25) is 19.5 Å². The fourth-order valence-electron chi connectivity index (χ4n) is 3.97. The molecule has 1 atom stereocenters. The Balaban J connectivity index is 1.57. The molecule has 1 unspecified atom stereocenters. The minimum atomic E-state index is -0.638. The van der Waals surface area contributed by atoms with Gasteiger partial charge in [0.1, 0.15) is 15.9 Å². The average molecular weight is 432 g/mol. The Morgan fingerprint density at radius 3 is 2.72 bits per heavy atom. The standard InChI is InChI=1S/C20H25N5O2S2/c1-4-14(25-10-21-18-15(19(25)27)11(2)12(3)28-18)16(26)22-20-24-23-17(29-20)13-8-6-5-7-9-13/h10,13-14H,4-9H2,1-3H3,(H,22,24,26). The van der Waals surface area contributed by atoms with Gasteiger partial charge >= 0.3 is 0 Å². The van der Waals surface area contributed by atoms with Gasteiger partial charge in [-0.1, -0.05) is 37.5 Å². The summed E-state index contributed by atoms with van der Waals surface area (Å²) in [5.41, 5.74) is 0.771. The Bertz CT molecular complexity index is 1090. The van der Waals surface area contributed by atoms with E-state index in [9.17, 15) is 9.59 Å². The molecule has 0 aromatic carbocycles. The Labute approximate surface area is 177 Å². The largest absolute Gasteiger partial charge is 0.299 e. The van der Waals surface area contributed by atoms with Crippen LogP contribution in [0.3, 0.4) is 0 Å². The fraction of sp³-hybridized carbons (Fsp3) is 0.550. The number of amides is 1. The van der Waals surface area contributed by atoms with Crippen molar-refractivity contribution in [2.75, 3.05) is 5.32 Å². The lowest BCUT2D eigenvalue weighted by molar-refractivity contribution is -0.119. The molecular formula is C20H25N5O2S2. The molecule has 1 aliphatic carbocycles. The maximum atomic E-state index is 13.1. The van der Waals surface area contributed by atoms with Crippen molar-refractivity contribution in [1.29, 1.82) is 0 Å². The van der Waals surface area contributed by atoms with Gasteiger partial charge in [-0.05, 0) is 38.7 Å². The van der Waals surface area contributed by atoms with Gasteiger partial charge in [-0.2, -0.15) is 0 Å². The number of nitrogens with one attached hydrogen (secondary N) is 1. The van der Waals surface area contributed by atoms with E-state index in [1.54, 1.807) is 0 Å². The molecule has 154 valence electrons. The molecule has 0 bridgehead atoms. The number of rotatable bonds is 5. The van der Waals surface area contributed by atoms with E-state index < -0.39 is 6.04 Å². The topological polar surface area (TPSA) is 89.8 Å². The third kappa shape index (κ3) is 3.85. The molecule has 7 nitrogen and oxygen atoms in total. The van der Waals surface area contributed by atoms with Crippen molar-refractivity contribution in [2.24, 2.45) is 0 Å². The summed E-state index contributed by atoms with van der Waals surface area (Å²) in [6, 6.07) is -0.638. The quantitative estimate of drug-likeness (QED) is 0.639. The second-order valence-corrected chi connectivity index (χ2v) is 9.83. The van der Waals surface area contributed by atoms with Crippen molar-refractivity contribution in [3.8, 4) is 0 Å². The van der Waals surface area contributed by atoms with E-state index in [0.717, 1.165) is 33.1 Å². The van der Waals surface area contributed by atoms with Crippen LogP contribution in [0.15, 0.2) is 11.1 Å². The summed E-state index contributed by atoms with van der Waals surface area (Å²) in [6.07, 6.45) is 7.98. The normalized spacial score (nSPS) is 16.2. The number of fused-ring (bicyclic) bond motifs is 1. The van der Waals surface area contributed by atoms with Gasteiger partial charge in [-0.25, -0.2) is 4.98 Å². The van der Waals surface area contributed by atoms with Crippen LogP contribution in [0.25, 0.3) is 10.2 Å². The molecule has 1 saturated carbocycles. The predicted molar refractivity (Wildman–Crippen MR) is 117 cm³/mol. The van der Waals surface area contributed by atoms with Gasteiger partial charge in [0.2, 0.25) is 11.0 Å². The Hall–Kier alpha value is -2.13. The molecule has 0 saturated heterocycles. The molecule has 3 heterocycles. The number of thiophene rings is 1. The molecule has 9 heteroatoms. The van der Waals surface area contributed by atoms with Crippen molar-refractivity contribution in [1.82, 2.24) is 19.7 Å². The first-order valence-corrected chi connectivity index (χ1v) is 11.7. The van der Waals surface area contributed by atoms with Crippen molar-refractivity contribution >= 4 is 43.9 Å². The molecule has 0 spiro atoms. The van der Waals surface area contributed by atoms with Crippen LogP contribution in [-0.2, 0) is 4.79 Å². The van der Waals surface area contributed by atoms with Gasteiger partial charge in [0.05, 0.1) is 11.7 Å². The highest BCUT2D eigenvalue weighted by Crippen LogP contribution is 2.35. The van der Waals surface area contributed by atoms with Crippen LogP contribution in [0, 0.1) is 13.8 Å². The van der Waals surface area contributed by atoms with Gasteiger partial charge in [0.25, 0.3) is 5.56 Å². The van der Waals surface area contributed by atoms with Gasteiger partial charge in [0.15, 0.2) is 0 Å². The minimum absolute atomic E-state index is 0.168. The molecule has 1 amide bonds. The highest BCUT2D eigenvalue weighted by Gasteiger charge is 2.25. The Morgan fingerprint density at radius 1 is 1.24 bits per heavy atom. The first-order chi connectivity index (χ1) is 14.0. The maximum Gasteiger partial charge on any atom is 0.263 e. The molecule has 1 fully saturated rings. The lowest BCUT2D eigenvalue weighted by Crippen LogP contribution is -2.33. The Morgan fingerprint density at radius 2 is 2.00 bits per heavy atom. The van der Waals surface area contributed by atoms with Crippen molar-refractivity contribution in [3.63, 3.8) is 0 Å². The SMILES string of the molecule is CCC(C(=O)Nc1nnc(C2CCCCC2)s1)n1cnc2sc(C)c(C)c2c1=O. The van der Waals surface area contributed by atoms with Crippen LogP contribution >= 0.6 is 22.7 Å². The van der Waals surface area contributed by atoms with E-state index in [-0.39, 0.29) is 11.5 Å². The monoisotopic (exact) mass is 431 g/mol. The number of nitrogens with zero attached hydrogens (tertiary/aromatic N) is 4. The highest BCUT2D eigenvalue weighted by atomic mass is 32.1. The number of anilines is 1. The summed E-state index contributed by atoms with van der Waals surface area (Å²) in [4.78, 5) is 32.2. The van der Waals surface area contributed by atoms with E-state index in [0.29, 0.717) is 22.9 Å². The molecule has 3 aromatic rings. The lowest BCUT2D eigenvalue weighted by Gasteiger charge is -2.18. The van der Waals surface area contributed by atoms with E-state index >= 15 is 0 Å². The second kappa shape index (κ2) is 8.31. The summed E-state index contributed by atoms with van der Waals surface area (Å²) in [5, 5.41) is 13.4. The fourth-order valence-corrected chi connectivity index (χ4v) is 5.87. The lowest BCUT2D eigenvalue weighted by atomic mass is 9.90. The number of aromatic nitrogens is 4. The van der Waals surface area contributed by atoms with E-state index in [2.05, 4.69) is 20.5 Å². The highest BCUT2D eigenvalue weighted by molar-refractivity contribution is 7.18. The zero-order valence-corrected chi connectivity index (χ0v) is 18.5. The summed E-state index contributed by atoms with van der Waals surface area (Å²) >= 11 is 2.95. The van der Waals surface area contributed by atoms with Gasteiger partial charge in [0, 0.05) is 10.8 Å². The summed E-state index contributed by atoms with van der Waals surface area (Å²) < 4.78 is 1.44. The van der Waals surface area contributed by atoms with Gasteiger partial charge < -0.3 is 0 Å². The molecule has 3 aromatic heterocycles. The zero-order valence-electron chi connectivity index (χ0n) is 16.9. The Kier molecular flexibility index (Phi) is 5.78. The third-order valence-electron chi connectivity index (χ3n) is 5.76. The zero-order chi connectivity index (χ0) is 20.5. The molecule has 1 N–H and O–H groups in total. The first kappa shape index (κ1) is 20.2. The molecule has 4 rings (SSSR count). The van der Waals surface area contributed by atoms with Crippen molar-refractivity contribution in [3.05, 3.63) is 32.1 Å². The van der Waals surface area contributed by atoms with Gasteiger partial charge in [-0.15, -0.1) is 21.5 Å². The van der Waals surface area contributed by atoms with Crippen LogP contribution in [0.4, 0.5) is 5.13 Å². The summed E-state index contributed by atoms with van der Waals surface area (Å²) in [6.45, 7) is 5.80. The van der Waals surface area contributed by atoms with Crippen molar-refractivity contribution in [2.45, 2.75) is 71.3 Å². The predicted octanol–water partition coefficient (Wildman–Crippen LogP) is 4.56. The van der Waals surface area contributed by atoms with Crippen LogP contribution in [0.5, 0.6) is 0 Å². The number of hydrogen-bond donors (Lipinski definition) is 1. The number of hydrogen-bond acceptors (Lipinski definition) is 7. The summed E-state index contributed by atoms with van der Waals surface area (Å²) in [5.74, 6) is 0.194. The van der Waals surface area contributed by atoms with Crippen LogP contribution < -0.4 is 10.9 Å². The number of aryl methyl sites for hydroxylation is 2. The van der Waals surface area contributed by atoms with Crippen LogP contribution in [-0.4, -0.2) is 25.7 Å². The molecule has 1 aliphatic rings. The first-order valence-electron chi connectivity index (χ1n) is 10.1. The van der Waals surface area contributed by atoms with E-state index in [4.69, 9.17) is 0 Å². The van der Waals surface area contributed by atoms with E-state index in [1.165, 1.54) is 52.8 Å². The molecule has 0 radical (unpaired) electrons.